The molecule has 2 unspecified atom stereocenters. The van der Waals surface area contributed by atoms with Gasteiger partial charge in [-0.3, -0.25) is 0 Å². The molecule has 0 spiro atoms. The van der Waals surface area contributed by atoms with Crippen molar-refractivity contribution >= 4 is 37.5 Å². The standard InChI is InChI=1S/C14H19Br2N/c1-9-4-3-5-10(2)14(9)17-13-8-11(15)6-7-12(13)16/h6-10,14,17H,3-5H2,1-2H3. The highest BCUT2D eigenvalue weighted by atomic mass is 79.9. The van der Waals surface area contributed by atoms with E-state index in [9.17, 15) is 0 Å². The molecule has 1 nitrogen and oxygen atoms in total. The minimum absolute atomic E-state index is 0.592. The molecule has 0 aromatic heterocycles. The number of rotatable bonds is 2. The van der Waals surface area contributed by atoms with Crippen LogP contribution in [-0.2, 0) is 0 Å². The number of hydrogen-bond donors (Lipinski definition) is 1. The molecule has 0 radical (unpaired) electrons. The Morgan fingerprint density at radius 3 is 2.41 bits per heavy atom. The molecule has 0 aliphatic heterocycles. The van der Waals surface area contributed by atoms with Gasteiger partial charge in [0.2, 0.25) is 0 Å². The number of benzene rings is 1. The van der Waals surface area contributed by atoms with Gasteiger partial charge in [-0.1, -0.05) is 36.2 Å². The predicted molar refractivity (Wildman–Crippen MR) is 81.4 cm³/mol. The lowest BCUT2D eigenvalue weighted by Crippen LogP contribution is -2.37. The van der Waals surface area contributed by atoms with Crippen LogP contribution in [0.2, 0.25) is 0 Å². The van der Waals surface area contributed by atoms with E-state index < -0.39 is 0 Å². The summed E-state index contributed by atoms with van der Waals surface area (Å²) in [6.45, 7) is 4.72. The number of halogens is 2. The number of anilines is 1. The first-order valence-electron chi connectivity index (χ1n) is 6.29. The molecule has 1 aliphatic carbocycles. The topological polar surface area (TPSA) is 12.0 Å². The van der Waals surface area contributed by atoms with E-state index in [0.717, 1.165) is 20.8 Å². The van der Waals surface area contributed by atoms with Crippen LogP contribution in [0.1, 0.15) is 33.1 Å². The average molecular weight is 361 g/mol. The number of nitrogens with one attached hydrogen (secondary N) is 1. The fraction of sp³-hybridized carbons (Fsp3) is 0.571. The third kappa shape index (κ3) is 3.25. The van der Waals surface area contributed by atoms with Crippen LogP contribution in [0.15, 0.2) is 27.1 Å². The number of hydrogen-bond acceptors (Lipinski definition) is 1. The molecule has 1 fully saturated rings. The van der Waals surface area contributed by atoms with Crippen molar-refractivity contribution in [2.24, 2.45) is 11.8 Å². The fourth-order valence-electron chi connectivity index (χ4n) is 2.75. The van der Waals surface area contributed by atoms with E-state index in [0.29, 0.717) is 6.04 Å². The van der Waals surface area contributed by atoms with Gasteiger partial charge in [-0.15, -0.1) is 0 Å². The zero-order valence-electron chi connectivity index (χ0n) is 10.3. The van der Waals surface area contributed by atoms with Crippen molar-refractivity contribution in [3.05, 3.63) is 27.1 Å². The van der Waals surface area contributed by atoms with Crippen LogP contribution in [0.25, 0.3) is 0 Å². The van der Waals surface area contributed by atoms with Crippen LogP contribution in [-0.4, -0.2) is 6.04 Å². The quantitative estimate of drug-likeness (QED) is 0.739. The van der Waals surface area contributed by atoms with Crippen molar-refractivity contribution in [3.8, 4) is 0 Å². The summed E-state index contributed by atoms with van der Waals surface area (Å²) < 4.78 is 2.27. The Balaban J connectivity index is 2.16. The third-order valence-corrected chi connectivity index (χ3v) is 4.98. The molecule has 1 aliphatic rings. The van der Waals surface area contributed by atoms with E-state index in [1.165, 1.54) is 24.9 Å². The molecule has 3 heteroatoms. The van der Waals surface area contributed by atoms with Gasteiger partial charge < -0.3 is 5.32 Å². The van der Waals surface area contributed by atoms with Gasteiger partial charge in [0.25, 0.3) is 0 Å². The fourth-order valence-corrected chi connectivity index (χ4v) is 3.48. The molecule has 1 aromatic rings. The molecule has 0 amide bonds. The summed E-state index contributed by atoms with van der Waals surface area (Å²) in [5, 5.41) is 3.71. The molecular formula is C14H19Br2N. The smallest absolute Gasteiger partial charge is 0.0498 e. The second kappa shape index (κ2) is 5.75. The van der Waals surface area contributed by atoms with Crippen LogP contribution in [0.4, 0.5) is 5.69 Å². The minimum Gasteiger partial charge on any atom is -0.381 e. The van der Waals surface area contributed by atoms with Gasteiger partial charge >= 0.3 is 0 Å². The van der Waals surface area contributed by atoms with Crippen molar-refractivity contribution in [1.29, 1.82) is 0 Å². The molecule has 1 saturated carbocycles. The monoisotopic (exact) mass is 359 g/mol. The van der Waals surface area contributed by atoms with E-state index in [-0.39, 0.29) is 0 Å². The van der Waals surface area contributed by atoms with Gasteiger partial charge in [-0.05, 0) is 58.8 Å². The maximum absolute atomic E-state index is 3.71. The van der Waals surface area contributed by atoms with Crippen molar-refractivity contribution in [2.45, 2.75) is 39.2 Å². The molecule has 94 valence electrons. The largest absolute Gasteiger partial charge is 0.381 e. The van der Waals surface area contributed by atoms with Gasteiger partial charge in [0.15, 0.2) is 0 Å². The molecule has 0 saturated heterocycles. The minimum atomic E-state index is 0.592. The highest BCUT2D eigenvalue weighted by Gasteiger charge is 2.27. The molecule has 17 heavy (non-hydrogen) atoms. The third-order valence-electron chi connectivity index (χ3n) is 3.80. The molecular weight excluding hydrogens is 342 g/mol. The Labute approximate surface area is 121 Å². The summed E-state index contributed by atoms with van der Waals surface area (Å²) in [5.41, 5.74) is 1.20. The maximum atomic E-state index is 3.71. The SMILES string of the molecule is CC1CCCC(C)C1Nc1cc(Br)ccc1Br. The van der Waals surface area contributed by atoms with Crippen LogP contribution >= 0.6 is 31.9 Å². The van der Waals surface area contributed by atoms with E-state index in [1.807, 2.05) is 0 Å². The Morgan fingerprint density at radius 1 is 1.12 bits per heavy atom. The van der Waals surface area contributed by atoms with Gasteiger partial charge in [0.05, 0.1) is 0 Å². The van der Waals surface area contributed by atoms with Crippen LogP contribution in [0.5, 0.6) is 0 Å². The van der Waals surface area contributed by atoms with Crippen LogP contribution < -0.4 is 5.32 Å². The van der Waals surface area contributed by atoms with Gasteiger partial charge in [-0.2, -0.15) is 0 Å². The Hall–Kier alpha value is -0.0200. The zero-order chi connectivity index (χ0) is 12.4. The normalized spacial score (nSPS) is 29.1. The Morgan fingerprint density at radius 2 is 1.76 bits per heavy atom. The summed E-state index contributed by atoms with van der Waals surface area (Å²) in [5.74, 6) is 1.51. The Kier molecular flexibility index (Phi) is 4.53. The van der Waals surface area contributed by atoms with Gasteiger partial charge in [0, 0.05) is 20.7 Å². The van der Waals surface area contributed by atoms with Crippen LogP contribution in [0.3, 0.4) is 0 Å². The van der Waals surface area contributed by atoms with Crippen molar-refractivity contribution in [1.82, 2.24) is 0 Å². The molecule has 0 heterocycles. The molecule has 2 rings (SSSR count). The first kappa shape index (κ1) is 13.4. The highest BCUT2D eigenvalue weighted by Crippen LogP contribution is 2.34. The lowest BCUT2D eigenvalue weighted by atomic mass is 9.78. The van der Waals surface area contributed by atoms with Crippen LogP contribution in [0, 0.1) is 11.8 Å². The van der Waals surface area contributed by atoms with E-state index >= 15 is 0 Å². The van der Waals surface area contributed by atoms with E-state index in [1.54, 1.807) is 0 Å². The molecule has 1 N–H and O–H groups in total. The van der Waals surface area contributed by atoms with Crippen molar-refractivity contribution < 1.29 is 0 Å². The molecule has 0 bridgehead atoms. The van der Waals surface area contributed by atoms with Crippen molar-refractivity contribution in [2.75, 3.05) is 5.32 Å². The first-order valence-corrected chi connectivity index (χ1v) is 7.88. The first-order chi connectivity index (χ1) is 8.08. The second-order valence-corrected chi connectivity index (χ2v) is 6.95. The molecule has 2 atom stereocenters. The maximum Gasteiger partial charge on any atom is 0.0498 e. The lowest BCUT2D eigenvalue weighted by molar-refractivity contribution is 0.268. The van der Waals surface area contributed by atoms with E-state index in [2.05, 4.69) is 69.2 Å². The predicted octanol–water partition coefficient (Wildman–Crippen LogP) is 5.45. The lowest BCUT2D eigenvalue weighted by Gasteiger charge is -2.36. The second-order valence-electron chi connectivity index (χ2n) is 5.18. The van der Waals surface area contributed by atoms with Crippen molar-refractivity contribution in [3.63, 3.8) is 0 Å². The summed E-state index contributed by atoms with van der Waals surface area (Å²) in [6.07, 6.45) is 4.06. The Bertz CT molecular complexity index is 382. The highest BCUT2D eigenvalue weighted by molar-refractivity contribution is 9.11. The average Bonchev–Trinajstić information content (AvgIpc) is 2.28. The summed E-state index contributed by atoms with van der Waals surface area (Å²) in [6, 6.07) is 6.89. The molecule has 1 aromatic carbocycles. The summed E-state index contributed by atoms with van der Waals surface area (Å²) in [7, 11) is 0. The summed E-state index contributed by atoms with van der Waals surface area (Å²) >= 11 is 7.14. The van der Waals surface area contributed by atoms with Gasteiger partial charge in [0.1, 0.15) is 0 Å². The van der Waals surface area contributed by atoms with Gasteiger partial charge in [-0.25, -0.2) is 0 Å². The zero-order valence-corrected chi connectivity index (χ0v) is 13.5. The van der Waals surface area contributed by atoms with E-state index in [4.69, 9.17) is 0 Å². The summed E-state index contributed by atoms with van der Waals surface area (Å²) in [4.78, 5) is 0.